The topological polar surface area (TPSA) is 87.9 Å². The fraction of sp³-hybridized carbons (Fsp3) is 0.400. The Labute approximate surface area is 204 Å². The van der Waals surface area contributed by atoms with Crippen molar-refractivity contribution in [3.8, 4) is 11.3 Å². The van der Waals surface area contributed by atoms with Crippen molar-refractivity contribution in [2.24, 2.45) is 0 Å². The highest BCUT2D eigenvalue weighted by molar-refractivity contribution is 5.78. The number of imidazole rings is 1. The van der Waals surface area contributed by atoms with Gasteiger partial charge in [0, 0.05) is 56.7 Å². The standard InChI is InChI=1S/C25H30FN9/c1-16(2)35-17(3)30-24-21(35)11-19(13-28-24)23-20(26)14-29-25(32-23)31-22-6-5-18(12-27-22)15-34-9-7-33(4)8-10-34/h5-6,11-14,16H,7-10,15H2,1-4H3,(H,27,29,31,32). The molecule has 0 radical (unpaired) electrons. The molecule has 1 saturated heterocycles. The summed E-state index contributed by atoms with van der Waals surface area (Å²) >= 11 is 0. The Bertz CT molecular complexity index is 1330. The third-order valence-corrected chi connectivity index (χ3v) is 6.32. The van der Waals surface area contributed by atoms with Crippen molar-refractivity contribution in [1.29, 1.82) is 0 Å². The lowest BCUT2D eigenvalue weighted by atomic mass is 10.2. The van der Waals surface area contributed by atoms with Crippen molar-refractivity contribution in [1.82, 2.24) is 39.3 Å². The minimum atomic E-state index is -0.514. The van der Waals surface area contributed by atoms with Crippen molar-refractivity contribution in [3.63, 3.8) is 0 Å². The summed E-state index contributed by atoms with van der Waals surface area (Å²) in [6, 6.07) is 6.03. The van der Waals surface area contributed by atoms with Gasteiger partial charge in [-0.25, -0.2) is 29.3 Å². The number of halogens is 1. The number of piperazine rings is 1. The molecule has 1 N–H and O–H groups in total. The van der Waals surface area contributed by atoms with E-state index < -0.39 is 5.82 Å². The normalized spacial score (nSPS) is 15.3. The average molecular weight is 476 g/mol. The van der Waals surface area contributed by atoms with Crippen molar-refractivity contribution in [3.05, 3.63) is 54.0 Å². The fourth-order valence-electron chi connectivity index (χ4n) is 4.47. The molecule has 182 valence electrons. The van der Waals surface area contributed by atoms with Crippen LogP contribution in [0.5, 0.6) is 0 Å². The van der Waals surface area contributed by atoms with Crippen LogP contribution in [-0.4, -0.2) is 72.5 Å². The second-order valence-electron chi connectivity index (χ2n) is 9.34. The van der Waals surface area contributed by atoms with Crippen LogP contribution >= 0.6 is 0 Å². The second-order valence-corrected chi connectivity index (χ2v) is 9.34. The molecule has 9 nitrogen and oxygen atoms in total. The van der Waals surface area contributed by atoms with E-state index >= 15 is 0 Å². The number of anilines is 2. The van der Waals surface area contributed by atoms with E-state index in [1.165, 1.54) is 6.20 Å². The van der Waals surface area contributed by atoms with Crippen LogP contribution in [0.3, 0.4) is 0 Å². The van der Waals surface area contributed by atoms with Crippen LogP contribution in [0.25, 0.3) is 22.4 Å². The second kappa shape index (κ2) is 9.63. The van der Waals surface area contributed by atoms with E-state index in [1.54, 1.807) is 6.20 Å². The Morgan fingerprint density at radius 1 is 1.00 bits per heavy atom. The summed E-state index contributed by atoms with van der Waals surface area (Å²) in [5.74, 6) is 1.23. The molecule has 5 rings (SSSR count). The van der Waals surface area contributed by atoms with Crippen molar-refractivity contribution in [2.45, 2.75) is 33.4 Å². The molecule has 0 spiro atoms. The molecule has 1 aliphatic rings. The van der Waals surface area contributed by atoms with Crippen LogP contribution in [0, 0.1) is 12.7 Å². The monoisotopic (exact) mass is 475 g/mol. The van der Waals surface area contributed by atoms with Gasteiger partial charge in [-0.15, -0.1) is 0 Å². The minimum absolute atomic E-state index is 0.178. The maximum atomic E-state index is 14.7. The van der Waals surface area contributed by atoms with Gasteiger partial charge in [-0.2, -0.15) is 0 Å². The average Bonchev–Trinajstić information content (AvgIpc) is 3.18. The Morgan fingerprint density at radius 2 is 1.80 bits per heavy atom. The SMILES string of the molecule is Cc1nc2ncc(-c3nc(Nc4ccc(CN5CCN(C)CC5)cn4)ncc3F)cc2n1C(C)C. The molecule has 0 unspecified atom stereocenters. The zero-order valence-electron chi connectivity index (χ0n) is 20.5. The predicted octanol–water partition coefficient (Wildman–Crippen LogP) is 3.80. The number of nitrogens with one attached hydrogen (secondary N) is 1. The largest absolute Gasteiger partial charge is 0.324 e. The number of aryl methyl sites for hydroxylation is 1. The van der Waals surface area contributed by atoms with Crippen LogP contribution < -0.4 is 5.32 Å². The van der Waals surface area contributed by atoms with Gasteiger partial charge < -0.3 is 14.8 Å². The molecule has 4 aromatic heterocycles. The molecule has 5 heterocycles. The van der Waals surface area contributed by atoms with E-state index in [9.17, 15) is 4.39 Å². The molecular weight excluding hydrogens is 445 g/mol. The zero-order chi connectivity index (χ0) is 24.5. The van der Waals surface area contributed by atoms with E-state index in [4.69, 9.17) is 0 Å². The summed E-state index contributed by atoms with van der Waals surface area (Å²) < 4.78 is 16.8. The number of rotatable bonds is 6. The Kier molecular flexibility index (Phi) is 6.40. The Morgan fingerprint density at radius 3 is 2.51 bits per heavy atom. The highest BCUT2D eigenvalue weighted by Crippen LogP contribution is 2.27. The molecule has 1 fully saturated rings. The summed E-state index contributed by atoms with van der Waals surface area (Å²) in [6.45, 7) is 11.3. The maximum absolute atomic E-state index is 14.7. The van der Waals surface area contributed by atoms with Gasteiger partial charge in [0.15, 0.2) is 11.5 Å². The summed E-state index contributed by atoms with van der Waals surface area (Å²) in [7, 11) is 2.15. The molecule has 1 aliphatic heterocycles. The van der Waals surface area contributed by atoms with Crippen LogP contribution in [0.15, 0.2) is 36.8 Å². The summed E-state index contributed by atoms with van der Waals surface area (Å²) in [5.41, 5.74) is 3.38. The molecule has 0 atom stereocenters. The van der Waals surface area contributed by atoms with E-state index in [0.717, 1.165) is 49.6 Å². The summed E-state index contributed by atoms with van der Waals surface area (Å²) in [4.78, 5) is 26.8. The quantitative estimate of drug-likeness (QED) is 0.451. The van der Waals surface area contributed by atoms with Crippen LogP contribution in [0.2, 0.25) is 0 Å². The van der Waals surface area contributed by atoms with Crippen LogP contribution in [-0.2, 0) is 6.54 Å². The first kappa shape index (κ1) is 23.3. The molecule has 0 aromatic carbocycles. The Hall–Kier alpha value is -3.50. The van der Waals surface area contributed by atoms with E-state index in [0.29, 0.717) is 17.0 Å². The van der Waals surface area contributed by atoms with Gasteiger partial charge in [0.1, 0.15) is 17.3 Å². The molecule has 4 aromatic rings. The lowest BCUT2D eigenvalue weighted by Crippen LogP contribution is -2.43. The van der Waals surface area contributed by atoms with Crippen molar-refractivity contribution < 1.29 is 4.39 Å². The van der Waals surface area contributed by atoms with Gasteiger partial charge in [-0.1, -0.05) is 6.07 Å². The molecule has 0 bridgehead atoms. The third kappa shape index (κ3) is 4.98. The van der Waals surface area contributed by atoms with Gasteiger partial charge in [0.2, 0.25) is 5.95 Å². The minimum Gasteiger partial charge on any atom is -0.324 e. The van der Waals surface area contributed by atoms with Crippen LogP contribution in [0.4, 0.5) is 16.2 Å². The number of likely N-dealkylation sites (N-methyl/N-ethyl adjacent to an activating group) is 1. The van der Waals surface area contributed by atoms with Gasteiger partial charge in [0.05, 0.1) is 11.7 Å². The van der Waals surface area contributed by atoms with Gasteiger partial charge in [-0.3, -0.25) is 4.90 Å². The smallest absolute Gasteiger partial charge is 0.229 e. The van der Waals surface area contributed by atoms with Crippen LogP contribution in [0.1, 0.15) is 31.3 Å². The number of fused-ring (bicyclic) bond motifs is 1. The van der Waals surface area contributed by atoms with Gasteiger partial charge >= 0.3 is 0 Å². The first-order valence-corrected chi connectivity index (χ1v) is 11.9. The number of nitrogens with zero attached hydrogens (tertiary/aromatic N) is 8. The lowest BCUT2D eigenvalue weighted by molar-refractivity contribution is 0.148. The summed E-state index contributed by atoms with van der Waals surface area (Å²) in [6.07, 6.45) is 4.62. The third-order valence-electron chi connectivity index (χ3n) is 6.32. The van der Waals surface area contributed by atoms with E-state index in [2.05, 4.69) is 65.5 Å². The zero-order valence-corrected chi connectivity index (χ0v) is 20.5. The predicted molar refractivity (Wildman–Crippen MR) is 134 cm³/mol. The van der Waals surface area contributed by atoms with Crippen molar-refractivity contribution >= 4 is 22.9 Å². The number of pyridine rings is 2. The highest BCUT2D eigenvalue weighted by Gasteiger charge is 2.17. The molecule has 35 heavy (non-hydrogen) atoms. The molecule has 0 amide bonds. The molecule has 10 heteroatoms. The molecular formula is C25H30FN9. The number of hydrogen-bond donors (Lipinski definition) is 1. The fourth-order valence-corrected chi connectivity index (χ4v) is 4.47. The number of hydrogen-bond acceptors (Lipinski definition) is 8. The van der Waals surface area contributed by atoms with E-state index in [-0.39, 0.29) is 17.7 Å². The van der Waals surface area contributed by atoms with E-state index in [1.807, 2.05) is 31.3 Å². The summed E-state index contributed by atoms with van der Waals surface area (Å²) in [5, 5.41) is 3.09. The first-order valence-electron chi connectivity index (χ1n) is 11.9. The highest BCUT2D eigenvalue weighted by atomic mass is 19.1. The molecule has 0 aliphatic carbocycles. The van der Waals surface area contributed by atoms with Crippen molar-refractivity contribution in [2.75, 3.05) is 38.5 Å². The van der Waals surface area contributed by atoms with Gasteiger partial charge in [-0.05, 0) is 45.5 Å². The van der Waals surface area contributed by atoms with Gasteiger partial charge in [0.25, 0.3) is 0 Å². The number of aromatic nitrogens is 6. The first-order chi connectivity index (χ1) is 16.9. The lowest BCUT2D eigenvalue weighted by Gasteiger charge is -2.32. The Balaban J connectivity index is 1.35. The maximum Gasteiger partial charge on any atom is 0.229 e. The molecule has 0 saturated carbocycles.